The third-order valence-corrected chi connectivity index (χ3v) is 1.69. The van der Waals surface area contributed by atoms with Gasteiger partial charge >= 0.3 is 0 Å². The van der Waals surface area contributed by atoms with Crippen molar-refractivity contribution in [3.63, 3.8) is 0 Å². The number of halogens is 1. The molecule has 0 aromatic heterocycles. The van der Waals surface area contributed by atoms with Gasteiger partial charge in [-0.2, -0.15) is 0 Å². The fourth-order valence-corrected chi connectivity index (χ4v) is 1.45. The van der Waals surface area contributed by atoms with Crippen LogP contribution in [0.1, 0.15) is 19.8 Å². The number of hydrogen-bond donors (Lipinski definition) is 1. The van der Waals surface area contributed by atoms with Crippen LogP contribution in [-0.2, 0) is 0 Å². The summed E-state index contributed by atoms with van der Waals surface area (Å²) in [5, 5.41) is 0.682. The van der Waals surface area contributed by atoms with Gasteiger partial charge in [0, 0.05) is 18.5 Å². The highest BCUT2D eigenvalue weighted by Gasteiger charge is 2.15. The summed E-state index contributed by atoms with van der Waals surface area (Å²) < 4.78 is 0. The maximum atomic E-state index is 5.68. The van der Waals surface area contributed by atoms with Crippen LogP contribution in [0.5, 0.6) is 0 Å². The Hall–Kier alpha value is -0.0800. The summed E-state index contributed by atoms with van der Waals surface area (Å²) in [7, 11) is 0. The smallest absolute Gasteiger partial charge is 0.102 e. The van der Waals surface area contributed by atoms with Gasteiger partial charge in [0.25, 0.3) is 0 Å². The van der Waals surface area contributed by atoms with Crippen molar-refractivity contribution in [2.75, 3.05) is 0 Å². The molecule has 2 N–H and O–H groups in total. The number of nitrogens with two attached hydrogens (primary N) is 1. The highest BCUT2D eigenvalue weighted by Crippen LogP contribution is 2.13. The fourth-order valence-electron chi connectivity index (χ4n) is 1.08. The van der Waals surface area contributed by atoms with E-state index < -0.39 is 0 Å². The highest BCUT2D eigenvalue weighted by atomic mass is 35.5. The molecule has 1 aliphatic rings. The first-order valence-electron chi connectivity index (χ1n) is 3.16. The standard InChI is InChI=1S/C6H11ClN2/c1-4-2-5(8)3-6(7)9-4/h4-5H,2-3,8H2,1H3. The van der Waals surface area contributed by atoms with E-state index >= 15 is 0 Å². The first kappa shape index (κ1) is 7.03. The zero-order valence-corrected chi connectivity index (χ0v) is 6.23. The van der Waals surface area contributed by atoms with Gasteiger partial charge in [0.2, 0.25) is 0 Å². The van der Waals surface area contributed by atoms with Crippen molar-refractivity contribution in [1.29, 1.82) is 0 Å². The molecule has 9 heavy (non-hydrogen) atoms. The lowest BCUT2D eigenvalue weighted by atomic mass is 10.0. The van der Waals surface area contributed by atoms with E-state index in [2.05, 4.69) is 4.99 Å². The summed E-state index contributed by atoms with van der Waals surface area (Å²) in [4.78, 5) is 4.14. The molecule has 3 heteroatoms. The van der Waals surface area contributed by atoms with E-state index in [9.17, 15) is 0 Å². The maximum Gasteiger partial charge on any atom is 0.102 e. The van der Waals surface area contributed by atoms with Crippen LogP contribution in [0.3, 0.4) is 0 Å². The Morgan fingerprint density at radius 1 is 1.78 bits per heavy atom. The Bertz CT molecular complexity index is 133. The maximum absolute atomic E-state index is 5.68. The van der Waals surface area contributed by atoms with Crippen molar-refractivity contribution in [2.45, 2.75) is 31.8 Å². The third-order valence-electron chi connectivity index (χ3n) is 1.43. The lowest BCUT2D eigenvalue weighted by Crippen LogP contribution is -2.30. The lowest BCUT2D eigenvalue weighted by Gasteiger charge is -2.19. The van der Waals surface area contributed by atoms with Gasteiger partial charge in [-0.1, -0.05) is 11.6 Å². The van der Waals surface area contributed by atoms with Gasteiger partial charge in [-0.05, 0) is 13.3 Å². The summed E-state index contributed by atoms with van der Waals surface area (Å²) in [5.74, 6) is 0. The molecule has 1 heterocycles. The summed E-state index contributed by atoms with van der Waals surface area (Å²) in [6.45, 7) is 2.03. The molecule has 1 aliphatic heterocycles. The molecule has 0 radical (unpaired) electrons. The van der Waals surface area contributed by atoms with Crippen LogP contribution in [0.2, 0.25) is 0 Å². The lowest BCUT2D eigenvalue weighted by molar-refractivity contribution is 0.539. The molecule has 0 aromatic rings. The Balaban J connectivity index is 2.56. The van der Waals surface area contributed by atoms with Crippen molar-refractivity contribution in [2.24, 2.45) is 10.7 Å². The van der Waals surface area contributed by atoms with Crippen LogP contribution >= 0.6 is 11.6 Å². The summed E-state index contributed by atoms with van der Waals surface area (Å²) in [6.07, 6.45) is 1.72. The predicted molar refractivity (Wildman–Crippen MR) is 40.0 cm³/mol. The van der Waals surface area contributed by atoms with E-state index in [0.29, 0.717) is 11.2 Å². The molecule has 2 nitrogen and oxygen atoms in total. The molecule has 0 aromatic carbocycles. The van der Waals surface area contributed by atoms with E-state index in [1.54, 1.807) is 0 Å². The van der Waals surface area contributed by atoms with E-state index in [1.807, 2.05) is 6.92 Å². The molecule has 2 atom stereocenters. The first-order valence-corrected chi connectivity index (χ1v) is 3.54. The molecule has 0 fully saturated rings. The van der Waals surface area contributed by atoms with Crippen molar-refractivity contribution >= 4 is 16.8 Å². The summed E-state index contributed by atoms with van der Waals surface area (Å²) >= 11 is 5.68. The minimum atomic E-state index is 0.227. The molecular weight excluding hydrogens is 136 g/mol. The second-order valence-electron chi connectivity index (χ2n) is 2.55. The van der Waals surface area contributed by atoms with Crippen LogP contribution in [0.25, 0.3) is 0 Å². The zero-order chi connectivity index (χ0) is 6.85. The Labute approximate surface area is 60.1 Å². The van der Waals surface area contributed by atoms with E-state index in [1.165, 1.54) is 0 Å². The van der Waals surface area contributed by atoms with Gasteiger partial charge in [-0.15, -0.1) is 0 Å². The van der Waals surface area contributed by atoms with Crippen LogP contribution in [0.15, 0.2) is 4.99 Å². The molecular formula is C6H11ClN2. The van der Waals surface area contributed by atoms with Gasteiger partial charge in [-0.3, -0.25) is 4.99 Å². The largest absolute Gasteiger partial charge is 0.327 e. The van der Waals surface area contributed by atoms with E-state index in [0.717, 1.165) is 12.8 Å². The monoisotopic (exact) mass is 146 g/mol. The van der Waals surface area contributed by atoms with E-state index in [4.69, 9.17) is 17.3 Å². The van der Waals surface area contributed by atoms with Crippen LogP contribution in [-0.4, -0.2) is 17.3 Å². The summed E-state index contributed by atoms with van der Waals surface area (Å²) in [5.41, 5.74) is 5.65. The van der Waals surface area contributed by atoms with Gasteiger partial charge in [0.1, 0.15) is 5.17 Å². The van der Waals surface area contributed by atoms with Gasteiger partial charge < -0.3 is 5.73 Å². The second-order valence-corrected chi connectivity index (χ2v) is 2.99. The number of hydrogen-bond acceptors (Lipinski definition) is 2. The molecule has 0 aliphatic carbocycles. The fraction of sp³-hybridized carbons (Fsp3) is 0.833. The molecule has 1 rings (SSSR count). The molecule has 52 valence electrons. The molecule has 0 bridgehead atoms. The minimum Gasteiger partial charge on any atom is -0.327 e. The van der Waals surface area contributed by atoms with Crippen molar-refractivity contribution in [1.82, 2.24) is 0 Å². The van der Waals surface area contributed by atoms with E-state index in [-0.39, 0.29) is 6.04 Å². The van der Waals surface area contributed by atoms with Crippen LogP contribution in [0, 0.1) is 0 Å². The SMILES string of the molecule is CC1CC(N)CC(Cl)=N1. The Kier molecular flexibility index (Phi) is 2.09. The average Bonchev–Trinajstić information content (AvgIpc) is 1.59. The minimum absolute atomic E-state index is 0.227. The summed E-state index contributed by atoms with van der Waals surface area (Å²) in [6, 6.07) is 0.547. The number of nitrogens with zero attached hydrogens (tertiary/aromatic N) is 1. The molecule has 0 saturated carbocycles. The topological polar surface area (TPSA) is 38.4 Å². The van der Waals surface area contributed by atoms with Crippen molar-refractivity contribution < 1.29 is 0 Å². The molecule has 0 amide bonds. The predicted octanol–water partition coefficient (Wildman–Crippen LogP) is 1.13. The Morgan fingerprint density at radius 2 is 2.44 bits per heavy atom. The second kappa shape index (κ2) is 2.67. The normalized spacial score (nSPS) is 36.1. The van der Waals surface area contributed by atoms with Crippen molar-refractivity contribution in [3.8, 4) is 0 Å². The molecule has 0 saturated heterocycles. The van der Waals surface area contributed by atoms with Crippen molar-refractivity contribution in [3.05, 3.63) is 0 Å². The van der Waals surface area contributed by atoms with Crippen LogP contribution in [0.4, 0.5) is 0 Å². The molecule has 2 unspecified atom stereocenters. The van der Waals surface area contributed by atoms with Gasteiger partial charge in [0.05, 0.1) is 0 Å². The Morgan fingerprint density at radius 3 is 2.89 bits per heavy atom. The highest BCUT2D eigenvalue weighted by molar-refractivity contribution is 6.65. The quantitative estimate of drug-likeness (QED) is 0.547. The van der Waals surface area contributed by atoms with Gasteiger partial charge in [0.15, 0.2) is 0 Å². The number of aliphatic imine (C=N–C) groups is 1. The average molecular weight is 147 g/mol. The first-order chi connectivity index (χ1) is 4.18. The van der Waals surface area contributed by atoms with Crippen LogP contribution < -0.4 is 5.73 Å². The third kappa shape index (κ3) is 1.95. The zero-order valence-electron chi connectivity index (χ0n) is 5.47. The molecule has 0 spiro atoms. The van der Waals surface area contributed by atoms with Gasteiger partial charge in [-0.25, -0.2) is 0 Å². The number of rotatable bonds is 0.